The lowest BCUT2D eigenvalue weighted by atomic mass is 10.3. The molecule has 0 radical (unpaired) electrons. The molecule has 1 heterocycles. The van der Waals surface area contributed by atoms with Gasteiger partial charge in [0.2, 0.25) is 0 Å². The second-order valence-electron chi connectivity index (χ2n) is 3.15. The minimum absolute atomic E-state index is 0.203. The normalized spacial score (nSPS) is 14.1. The Labute approximate surface area is 86.7 Å². The molecular weight excluding hydrogens is 198 g/mol. The van der Waals surface area contributed by atoms with Crippen LogP contribution < -0.4 is 4.90 Å². The Bertz CT molecular complexity index is 354. The molecule has 1 aliphatic rings. The second kappa shape index (κ2) is 3.92. The zero-order chi connectivity index (χ0) is 9.97. The van der Waals surface area contributed by atoms with E-state index in [0.29, 0.717) is 6.54 Å². The summed E-state index contributed by atoms with van der Waals surface area (Å²) in [5, 5.41) is 8.59. The van der Waals surface area contributed by atoms with Gasteiger partial charge in [-0.3, -0.25) is 4.79 Å². The van der Waals surface area contributed by atoms with Crippen molar-refractivity contribution in [2.24, 2.45) is 0 Å². The number of para-hydroxylation sites is 1. The maximum absolute atomic E-state index is 10.4. The largest absolute Gasteiger partial charge is 0.481 e. The van der Waals surface area contributed by atoms with Crippen molar-refractivity contribution in [3.05, 3.63) is 24.3 Å². The van der Waals surface area contributed by atoms with Crippen LogP contribution in [0.5, 0.6) is 0 Å². The molecule has 0 atom stereocenters. The van der Waals surface area contributed by atoms with Crippen LogP contribution in [0.15, 0.2) is 29.2 Å². The van der Waals surface area contributed by atoms with E-state index in [4.69, 9.17) is 5.11 Å². The Hall–Kier alpha value is -1.16. The van der Waals surface area contributed by atoms with Gasteiger partial charge in [0.15, 0.2) is 0 Å². The highest BCUT2D eigenvalue weighted by Gasteiger charge is 2.18. The number of carboxylic acid groups (broad SMARTS) is 1. The Morgan fingerprint density at radius 3 is 3.07 bits per heavy atom. The number of anilines is 1. The van der Waals surface area contributed by atoms with E-state index in [0.717, 1.165) is 5.88 Å². The fourth-order valence-corrected chi connectivity index (χ4v) is 2.56. The summed E-state index contributed by atoms with van der Waals surface area (Å²) >= 11 is 1.76. The zero-order valence-corrected chi connectivity index (χ0v) is 8.46. The SMILES string of the molecule is O=C(O)CCN1CSc2ccccc21. The van der Waals surface area contributed by atoms with Crippen molar-refractivity contribution >= 4 is 23.4 Å². The zero-order valence-electron chi connectivity index (χ0n) is 7.64. The van der Waals surface area contributed by atoms with Gasteiger partial charge in [-0.15, -0.1) is 11.8 Å². The van der Waals surface area contributed by atoms with Gasteiger partial charge in [0, 0.05) is 11.4 Å². The molecule has 1 N–H and O–H groups in total. The third-order valence-corrected chi connectivity index (χ3v) is 3.27. The van der Waals surface area contributed by atoms with E-state index in [1.54, 1.807) is 11.8 Å². The molecule has 3 nitrogen and oxygen atoms in total. The number of benzene rings is 1. The molecule has 0 bridgehead atoms. The van der Waals surface area contributed by atoms with Crippen LogP contribution in [0.4, 0.5) is 5.69 Å². The van der Waals surface area contributed by atoms with Gasteiger partial charge in [-0.25, -0.2) is 0 Å². The summed E-state index contributed by atoms with van der Waals surface area (Å²) in [5.41, 5.74) is 1.17. The summed E-state index contributed by atoms with van der Waals surface area (Å²) in [6.07, 6.45) is 0.203. The molecule has 4 heteroatoms. The lowest BCUT2D eigenvalue weighted by Gasteiger charge is -2.16. The third-order valence-electron chi connectivity index (χ3n) is 2.18. The highest BCUT2D eigenvalue weighted by Crippen LogP contribution is 2.37. The minimum atomic E-state index is -0.737. The smallest absolute Gasteiger partial charge is 0.305 e. The predicted octanol–water partition coefficient (Wildman–Crippen LogP) is 2.03. The van der Waals surface area contributed by atoms with Crippen LogP contribution >= 0.6 is 11.8 Å². The van der Waals surface area contributed by atoms with Crippen LogP contribution in [0.1, 0.15) is 6.42 Å². The second-order valence-corrected chi connectivity index (χ2v) is 4.14. The van der Waals surface area contributed by atoms with Crippen LogP contribution in [0, 0.1) is 0 Å². The molecule has 0 saturated carbocycles. The molecule has 1 aromatic carbocycles. The quantitative estimate of drug-likeness (QED) is 0.827. The van der Waals surface area contributed by atoms with Gasteiger partial charge in [0.25, 0.3) is 0 Å². The first-order valence-electron chi connectivity index (χ1n) is 4.46. The van der Waals surface area contributed by atoms with Gasteiger partial charge in [-0.2, -0.15) is 0 Å². The number of carbonyl (C=O) groups is 1. The summed E-state index contributed by atoms with van der Waals surface area (Å²) in [5.74, 6) is 0.131. The van der Waals surface area contributed by atoms with E-state index in [9.17, 15) is 4.79 Å². The van der Waals surface area contributed by atoms with Crippen molar-refractivity contribution in [2.45, 2.75) is 11.3 Å². The average Bonchev–Trinajstić information content (AvgIpc) is 2.58. The first-order valence-corrected chi connectivity index (χ1v) is 5.44. The van der Waals surface area contributed by atoms with E-state index in [2.05, 4.69) is 11.0 Å². The van der Waals surface area contributed by atoms with Crippen LogP contribution in [0.3, 0.4) is 0 Å². The van der Waals surface area contributed by atoms with Gasteiger partial charge in [0.05, 0.1) is 18.0 Å². The van der Waals surface area contributed by atoms with Crippen molar-refractivity contribution in [1.29, 1.82) is 0 Å². The summed E-state index contributed by atoms with van der Waals surface area (Å²) < 4.78 is 0. The highest BCUT2D eigenvalue weighted by molar-refractivity contribution is 7.99. The van der Waals surface area contributed by atoms with Gasteiger partial charge < -0.3 is 10.0 Å². The molecule has 0 aliphatic carbocycles. The van der Waals surface area contributed by atoms with E-state index < -0.39 is 5.97 Å². The molecule has 74 valence electrons. The van der Waals surface area contributed by atoms with E-state index >= 15 is 0 Å². The van der Waals surface area contributed by atoms with Crippen LogP contribution in [0.25, 0.3) is 0 Å². The maximum atomic E-state index is 10.4. The van der Waals surface area contributed by atoms with Gasteiger partial charge in [-0.1, -0.05) is 12.1 Å². The molecule has 1 aromatic rings. The van der Waals surface area contributed by atoms with Gasteiger partial charge in [0.1, 0.15) is 0 Å². The fourth-order valence-electron chi connectivity index (χ4n) is 1.47. The number of rotatable bonds is 3. The highest BCUT2D eigenvalue weighted by atomic mass is 32.2. The molecule has 14 heavy (non-hydrogen) atoms. The molecule has 0 unspecified atom stereocenters. The monoisotopic (exact) mass is 209 g/mol. The van der Waals surface area contributed by atoms with Crippen molar-refractivity contribution < 1.29 is 9.90 Å². The first-order chi connectivity index (χ1) is 6.77. The van der Waals surface area contributed by atoms with Crippen LogP contribution in [-0.2, 0) is 4.79 Å². The molecular formula is C10H11NO2S. The maximum Gasteiger partial charge on any atom is 0.305 e. The summed E-state index contributed by atoms with van der Waals surface area (Å²) in [4.78, 5) is 13.8. The number of carboxylic acids is 1. The standard InChI is InChI=1S/C10H11NO2S/c12-10(13)5-6-11-7-14-9-4-2-1-3-8(9)11/h1-4H,5-7H2,(H,12,13). The molecule has 0 aromatic heterocycles. The van der Waals surface area contributed by atoms with Crippen molar-refractivity contribution in [3.8, 4) is 0 Å². The summed E-state index contributed by atoms with van der Waals surface area (Å²) in [6.45, 7) is 0.597. The summed E-state index contributed by atoms with van der Waals surface area (Å²) in [6, 6.07) is 8.10. The lowest BCUT2D eigenvalue weighted by Crippen LogP contribution is -2.22. The van der Waals surface area contributed by atoms with Crippen molar-refractivity contribution in [1.82, 2.24) is 0 Å². The Morgan fingerprint density at radius 1 is 1.50 bits per heavy atom. The average molecular weight is 209 g/mol. The Morgan fingerprint density at radius 2 is 2.29 bits per heavy atom. The molecule has 0 saturated heterocycles. The molecule has 0 spiro atoms. The number of hydrogen-bond acceptors (Lipinski definition) is 3. The molecule has 1 aliphatic heterocycles. The number of thioether (sulfide) groups is 1. The Balaban J connectivity index is 2.07. The number of hydrogen-bond donors (Lipinski definition) is 1. The van der Waals surface area contributed by atoms with Crippen molar-refractivity contribution in [3.63, 3.8) is 0 Å². The Kier molecular flexibility index (Phi) is 2.63. The molecule has 2 rings (SSSR count). The third kappa shape index (κ3) is 1.85. The number of nitrogens with zero attached hydrogens (tertiary/aromatic N) is 1. The lowest BCUT2D eigenvalue weighted by molar-refractivity contribution is -0.136. The van der Waals surface area contributed by atoms with Gasteiger partial charge >= 0.3 is 5.97 Å². The molecule has 0 fully saturated rings. The number of aliphatic carboxylic acids is 1. The van der Waals surface area contributed by atoms with Crippen molar-refractivity contribution in [2.75, 3.05) is 17.3 Å². The number of fused-ring (bicyclic) bond motifs is 1. The first kappa shape index (κ1) is 9.40. The van der Waals surface area contributed by atoms with Crippen LogP contribution in [-0.4, -0.2) is 23.5 Å². The topological polar surface area (TPSA) is 40.5 Å². The molecule has 0 amide bonds. The minimum Gasteiger partial charge on any atom is -0.481 e. The van der Waals surface area contributed by atoms with Gasteiger partial charge in [-0.05, 0) is 12.1 Å². The van der Waals surface area contributed by atoms with E-state index in [-0.39, 0.29) is 6.42 Å². The fraction of sp³-hybridized carbons (Fsp3) is 0.300. The van der Waals surface area contributed by atoms with Crippen LogP contribution in [0.2, 0.25) is 0 Å². The van der Waals surface area contributed by atoms with E-state index in [1.165, 1.54) is 10.6 Å². The predicted molar refractivity (Wildman–Crippen MR) is 56.8 cm³/mol. The summed E-state index contributed by atoms with van der Waals surface area (Å²) in [7, 11) is 0. The van der Waals surface area contributed by atoms with E-state index in [1.807, 2.05) is 18.2 Å².